The van der Waals surface area contributed by atoms with Gasteiger partial charge < -0.3 is 9.80 Å². The van der Waals surface area contributed by atoms with Gasteiger partial charge in [-0.25, -0.2) is 4.39 Å². The molecule has 0 radical (unpaired) electrons. The van der Waals surface area contributed by atoms with Crippen LogP contribution in [0.3, 0.4) is 0 Å². The molecule has 0 saturated heterocycles. The van der Waals surface area contributed by atoms with Crippen molar-refractivity contribution in [2.75, 3.05) is 18.5 Å². The number of hydrogen-bond donors (Lipinski definition) is 0. The monoisotopic (exact) mass is 556 g/mol. The highest BCUT2D eigenvalue weighted by atomic mass is 32.2. The van der Waals surface area contributed by atoms with Crippen LogP contribution in [0.25, 0.3) is 6.08 Å². The lowest BCUT2D eigenvalue weighted by molar-refractivity contribution is -0.114. The predicted molar refractivity (Wildman–Crippen MR) is 162 cm³/mol. The fraction of sp³-hybridized carbons (Fsp3) is 0.353. The van der Waals surface area contributed by atoms with Gasteiger partial charge in [0, 0.05) is 22.9 Å². The molecule has 1 saturated carbocycles. The van der Waals surface area contributed by atoms with Gasteiger partial charge in [0.05, 0.1) is 17.1 Å². The van der Waals surface area contributed by atoms with Crippen LogP contribution >= 0.6 is 11.8 Å². The molecule has 5 rings (SSSR count). The molecule has 40 heavy (non-hydrogen) atoms. The summed E-state index contributed by atoms with van der Waals surface area (Å²) >= 11 is 1.43. The van der Waals surface area contributed by atoms with Crippen LogP contribution in [0.4, 0.5) is 10.1 Å². The van der Waals surface area contributed by atoms with E-state index in [1.807, 2.05) is 54.6 Å². The Kier molecular flexibility index (Phi) is 9.50. The quantitative estimate of drug-likeness (QED) is 0.144. The normalized spacial score (nSPS) is 16.9. The van der Waals surface area contributed by atoms with Gasteiger partial charge in [-0.2, -0.15) is 0 Å². The number of Topliss-reactive ketones (excluding diaryl/α,β-unsaturated/α-hetero) is 1. The van der Waals surface area contributed by atoms with Gasteiger partial charge in [0.25, 0.3) is 5.91 Å². The Hall–Kier alpha value is -3.22. The Morgan fingerprint density at radius 1 is 1.00 bits per heavy atom. The highest BCUT2D eigenvalue weighted by Gasteiger charge is 2.30. The van der Waals surface area contributed by atoms with E-state index in [2.05, 4.69) is 11.9 Å². The maximum absolute atomic E-state index is 13.7. The number of hydrogen-bond acceptors (Lipinski definition) is 4. The molecular formula is C34H37FN2O2S. The number of halogens is 1. The SMILES string of the molecule is CN(CCCCC(=O)c1ccc2c(c1)N(Cc1ccc(F)cc1)C(=O)/C(=C/c1ccccc1)S2)C1CCCCC1. The molecule has 0 spiro atoms. The zero-order valence-electron chi connectivity index (χ0n) is 23.2. The van der Waals surface area contributed by atoms with E-state index in [1.165, 1.54) is 56.0 Å². The molecule has 3 aromatic rings. The van der Waals surface area contributed by atoms with Crippen molar-refractivity contribution in [3.8, 4) is 0 Å². The number of benzene rings is 3. The Morgan fingerprint density at radius 3 is 2.50 bits per heavy atom. The van der Waals surface area contributed by atoms with Gasteiger partial charge in [0.15, 0.2) is 5.78 Å². The average Bonchev–Trinajstić information content (AvgIpc) is 2.99. The number of amides is 1. The smallest absolute Gasteiger partial charge is 0.265 e. The minimum Gasteiger partial charge on any atom is -0.303 e. The molecule has 1 aliphatic heterocycles. The Morgan fingerprint density at radius 2 is 1.75 bits per heavy atom. The number of thioether (sulfide) groups is 1. The summed E-state index contributed by atoms with van der Waals surface area (Å²) in [5, 5.41) is 0. The molecule has 1 fully saturated rings. The van der Waals surface area contributed by atoms with Crippen LogP contribution in [0, 0.1) is 5.82 Å². The summed E-state index contributed by atoms with van der Waals surface area (Å²) in [6, 6.07) is 22.4. The molecule has 1 aliphatic carbocycles. The first-order valence-electron chi connectivity index (χ1n) is 14.4. The lowest BCUT2D eigenvalue weighted by Crippen LogP contribution is -2.34. The minimum atomic E-state index is -0.313. The molecule has 4 nitrogen and oxygen atoms in total. The molecule has 0 aromatic heterocycles. The van der Waals surface area contributed by atoms with Gasteiger partial charge in [0.1, 0.15) is 5.82 Å². The molecule has 1 amide bonds. The number of carbonyl (C=O) groups excluding carboxylic acids is 2. The zero-order chi connectivity index (χ0) is 27.9. The second kappa shape index (κ2) is 13.4. The van der Waals surface area contributed by atoms with Crippen LogP contribution in [0.2, 0.25) is 0 Å². The van der Waals surface area contributed by atoms with E-state index in [0.717, 1.165) is 41.1 Å². The maximum atomic E-state index is 13.7. The van der Waals surface area contributed by atoms with E-state index in [0.29, 0.717) is 29.5 Å². The number of anilines is 1. The molecular weight excluding hydrogens is 519 g/mol. The van der Waals surface area contributed by atoms with Crippen molar-refractivity contribution in [3.05, 3.63) is 100 Å². The van der Waals surface area contributed by atoms with E-state index in [-0.39, 0.29) is 17.5 Å². The number of unbranched alkanes of at least 4 members (excludes halogenated alkanes) is 1. The van der Waals surface area contributed by atoms with Crippen molar-refractivity contribution in [2.45, 2.75) is 68.8 Å². The molecule has 0 atom stereocenters. The summed E-state index contributed by atoms with van der Waals surface area (Å²) in [6.07, 6.45) is 10.8. The number of nitrogens with zero attached hydrogens (tertiary/aromatic N) is 2. The van der Waals surface area contributed by atoms with Crippen molar-refractivity contribution in [1.82, 2.24) is 4.90 Å². The van der Waals surface area contributed by atoms with Crippen molar-refractivity contribution in [1.29, 1.82) is 0 Å². The highest BCUT2D eigenvalue weighted by molar-refractivity contribution is 8.04. The van der Waals surface area contributed by atoms with Crippen molar-refractivity contribution in [3.63, 3.8) is 0 Å². The summed E-state index contributed by atoms with van der Waals surface area (Å²) in [5.74, 6) is -0.332. The average molecular weight is 557 g/mol. The van der Waals surface area contributed by atoms with E-state index in [4.69, 9.17) is 0 Å². The number of rotatable bonds is 10. The highest BCUT2D eigenvalue weighted by Crippen LogP contribution is 2.43. The van der Waals surface area contributed by atoms with E-state index in [1.54, 1.807) is 17.0 Å². The van der Waals surface area contributed by atoms with Gasteiger partial charge in [0.2, 0.25) is 0 Å². The van der Waals surface area contributed by atoms with Crippen LogP contribution in [0.5, 0.6) is 0 Å². The summed E-state index contributed by atoms with van der Waals surface area (Å²) < 4.78 is 13.6. The molecule has 208 valence electrons. The molecule has 6 heteroatoms. The molecule has 2 aliphatic rings. The van der Waals surface area contributed by atoms with Crippen LogP contribution < -0.4 is 4.90 Å². The van der Waals surface area contributed by atoms with Crippen molar-refractivity contribution >= 4 is 35.2 Å². The van der Waals surface area contributed by atoms with Crippen molar-refractivity contribution in [2.24, 2.45) is 0 Å². The number of fused-ring (bicyclic) bond motifs is 1. The van der Waals surface area contributed by atoms with Gasteiger partial charge in [-0.05, 0) is 80.7 Å². The van der Waals surface area contributed by atoms with E-state index in [9.17, 15) is 14.0 Å². The van der Waals surface area contributed by atoms with Crippen LogP contribution in [-0.4, -0.2) is 36.2 Å². The third-order valence-electron chi connectivity index (χ3n) is 7.96. The first-order chi connectivity index (χ1) is 19.5. The molecule has 0 bridgehead atoms. The largest absolute Gasteiger partial charge is 0.303 e. The minimum absolute atomic E-state index is 0.105. The first-order valence-corrected chi connectivity index (χ1v) is 15.2. The number of carbonyl (C=O) groups is 2. The Labute approximate surface area is 241 Å². The summed E-state index contributed by atoms with van der Waals surface area (Å²) in [4.78, 5) is 32.6. The Balaban J connectivity index is 1.31. The predicted octanol–water partition coefficient (Wildman–Crippen LogP) is 8.12. The van der Waals surface area contributed by atoms with Crippen LogP contribution in [0.15, 0.2) is 82.6 Å². The van der Waals surface area contributed by atoms with E-state index >= 15 is 0 Å². The first kappa shape index (κ1) is 28.3. The molecule has 0 unspecified atom stereocenters. The fourth-order valence-electron chi connectivity index (χ4n) is 5.61. The Bertz CT molecular complexity index is 1350. The third-order valence-corrected chi connectivity index (χ3v) is 9.04. The third kappa shape index (κ3) is 7.10. The van der Waals surface area contributed by atoms with Crippen molar-refractivity contribution < 1.29 is 14.0 Å². The summed E-state index contributed by atoms with van der Waals surface area (Å²) in [5.41, 5.74) is 3.13. The van der Waals surface area contributed by atoms with Gasteiger partial charge in [-0.15, -0.1) is 0 Å². The molecule has 0 N–H and O–H groups in total. The van der Waals surface area contributed by atoms with Gasteiger partial charge >= 0.3 is 0 Å². The standard InChI is InChI=1S/C34H37FN2O2S/c1-36(29-12-6-3-7-13-29)21-9-8-14-31(38)27-17-20-32-30(23-27)37(24-26-15-18-28(35)19-16-26)34(39)33(40-32)22-25-10-4-2-5-11-25/h2,4-5,10-11,15-20,22-23,29H,3,6-9,12-14,21,24H2,1H3/b33-22-. The lowest BCUT2D eigenvalue weighted by atomic mass is 9.94. The van der Waals surface area contributed by atoms with Crippen LogP contribution in [-0.2, 0) is 11.3 Å². The maximum Gasteiger partial charge on any atom is 0.265 e. The van der Waals surface area contributed by atoms with Gasteiger partial charge in [-0.1, -0.05) is 79.6 Å². The molecule has 3 aromatic carbocycles. The molecule has 1 heterocycles. The fourth-order valence-corrected chi connectivity index (χ4v) is 6.65. The number of ketones is 1. The van der Waals surface area contributed by atoms with E-state index < -0.39 is 0 Å². The second-order valence-electron chi connectivity index (χ2n) is 10.9. The zero-order valence-corrected chi connectivity index (χ0v) is 24.0. The summed E-state index contributed by atoms with van der Waals surface area (Å²) in [6.45, 7) is 1.32. The topological polar surface area (TPSA) is 40.6 Å². The summed E-state index contributed by atoms with van der Waals surface area (Å²) in [7, 11) is 2.21. The van der Waals surface area contributed by atoms with Gasteiger partial charge in [-0.3, -0.25) is 9.59 Å². The van der Waals surface area contributed by atoms with Crippen LogP contribution in [0.1, 0.15) is 72.9 Å². The second-order valence-corrected chi connectivity index (χ2v) is 12.0. The lowest BCUT2D eigenvalue weighted by Gasteiger charge is -2.31.